The molecular weight excluding hydrogens is 340 g/mol. The Bertz CT molecular complexity index is 966. The van der Waals surface area contributed by atoms with E-state index in [-0.39, 0.29) is 12.5 Å². The Balaban J connectivity index is 1.33. The predicted octanol–water partition coefficient (Wildman–Crippen LogP) is 2.02. The van der Waals surface area contributed by atoms with E-state index in [1.165, 1.54) is 11.1 Å². The molecule has 0 bridgehead atoms. The first kappa shape index (κ1) is 17.7. The number of nitrogens with one attached hydrogen (secondary N) is 2. The molecule has 1 aliphatic heterocycles. The maximum atomic E-state index is 12.5. The summed E-state index contributed by atoms with van der Waals surface area (Å²) in [6.45, 7) is 4.48. The molecule has 2 aromatic carbocycles. The minimum absolute atomic E-state index is 0.212. The molecule has 1 unspecified atom stereocenters. The lowest BCUT2D eigenvalue weighted by molar-refractivity contribution is 0.0839. The number of hydrogen-bond acceptors (Lipinski definition) is 4. The van der Waals surface area contributed by atoms with Crippen molar-refractivity contribution in [1.29, 1.82) is 0 Å². The largest absolute Gasteiger partial charge is 0.390 e. The number of carbonyl (C=O) groups excluding carboxylic acids is 1. The molecule has 6 nitrogen and oxygen atoms in total. The Morgan fingerprint density at radius 1 is 1.26 bits per heavy atom. The SMILES string of the molecule is Cc1cccc2c(C(=O)NCC(O)CN3CCc4ccccc4C3)[nH]nc12. The molecule has 0 fully saturated rings. The Labute approximate surface area is 158 Å². The zero-order valence-corrected chi connectivity index (χ0v) is 15.4. The van der Waals surface area contributed by atoms with Gasteiger partial charge in [-0.25, -0.2) is 0 Å². The highest BCUT2D eigenvalue weighted by Crippen LogP contribution is 2.20. The van der Waals surface area contributed by atoms with E-state index in [1.807, 2.05) is 25.1 Å². The van der Waals surface area contributed by atoms with Gasteiger partial charge in [-0.05, 0) is 30.0 Å². The van der Waals surface area contributed by atoms with Crippen LogP contribution >= 0.6 is 0 Å². The van der Waals surface area contributed by atoms with E-state index in [9.17, 15) is 9.90 Å². The summed E-state index contributed by atoms with van der Waals surface area (Å²) in [5.74, 6) is -0.244. The van der Waals surface area contributed by atoms with Gasteiger partial charge >= 0.3 is 0 Å². The second-order valence-electron chi connectivity index (χ2n) is 7.19. The molecule has 1 amide bonds. The van der Waals surface area contributed by atoms with Crippen LogP contribution in [-0.2, 0) is 13.0 Å². The van der Waals surface area contributed by atoms with Gasteiger partial charge in [-0.15, -0.1) is 0 Å². The first-order valence-electron chi connectivity index (χ1n) is 9.31. The molecule has 3 N–H and O–H groups in total. The summed E-state index contributed by atoms with van der Waals surface area (Å²) in [6, 6.07) is 14.2. The van der Waals surface area contributed by atoms with Crippen LogP contribution in [0.4, 0.5) is 0 Å². The number of aromatic nitrogens is 2. The van der Waals surface area contributed by atoms with Crippen LogP contribution in [0, 0.1) is 6.92 Å². The van der Waals surface area contributed by atoms with Crippen LogP contribution < -0.4 is 5.32 Å². The fraction of sp³-hybridized carbons (Fsp3) is 0.333. The molecule has 0 saturated carbocycles. The van der Waals surface area contributed by atoms with E-state index in [0.717, 1.165) is 36.0 Å². The Hall–Kier alpha value is -2.70. The average Bonchev–Trinajstić information content (AvgIpc) is 3.12. The van der Waals surface area contributed by atoms with Crippen molar-refractivity contribution < 1.29 is 9.90 Å². The van der Waals surface area contributed by atoms with Crippen LogP contribution in [0.25, 0.3) is 10.9 Å². The van der Waals surface area contributed by atoms with Gasteiger partial charge in [0.05, 0.1) is 11.6 Å². The van der Waals surface area contributed by atoms with Gasteiger partial charge in [-0.3, -0.25) is 14.8 Å². The number of amides is 1. The molecule has 2 heterocycles. The minimum atomic E-state index is -0.616. The van der Waals surface area contributed by atoms with E-state index in [0.29, 0.717) is 12.2 Å². The number of benzene rings is 2. The van der Waals surface area contributed by atoms with Crippen molar-refractivity contribution >= 4 is 16.8 Å². The summed E-state index contributed by atoms with van der Waals surface area (Å²) >= 11 is 0. The van der Waals surface area contributed by atoms with E-state index in [1.54, 1.807) is 0 Å². The molecule has 0 spiro atoms. The number of aliphatic hydroxyl groups excluding tert-OH is 1. The topological polar surface area (TPSA) is 81.2 Å². The summed E-state index contributed by atoms with van der Waals surface area (Å²) in [4.78, 5) is 14.7. The smallest absolute Gasteiger partial charge is 0.270 e. The summed E-state index contributed by atoms with van der Waals surface area (Å²) in [5.41, 5.74) is 4.97. The molecule has 6 heteroatoms. The summed E-state index contributed by atoms with van der Waals surface area (Å²) < 4.78 is 0. The summed E-state index contributed by atoms with van der Waals surface area (Å²) in [6.07, 6.45) is 0.379. The zero-order chi connectivity index (χ0) is 18.8. The van der Waals surface area contributed by atoms with Crippen molar-refractivity contribution in [3.05, 3.63) is 64.8 Å². The van der Waals surface area contributed by atoms with Crippen molar-refractivity contribution in [1.82, 2.24) is 20.4 Å². The number of hydrogen-bond donors (Lipinski definition) is 3. The maximum Gasteiger partial charge on any atom is 0.270 e. The molecule has 4 rings (SSSR count). The van der Waals surface area contributed by atoms with Gasteiger partial charge in [0.2, 0.25) is 0 Å². The van der Waals surface area contributed by atoms with Crippen LogP contribution in [0.1, 0.15) is 27.2 Å². The fourth-order valence-corrected chi connectivity index (χ4v) is 3.73. The Kier molecular flexibility index (Phi) is 4.92. The Morgan fingerprint density at radius 2 is 2.07 bits per heavy atom. The fourth-order valence-electron chi connectivity index (χ4n) is 3.73. The van der Waals surface area contributed by atoms with Crippen LogP contribution in [0.5, 0.6) is 0 Å². The number of H-pyrrole nitrogens is 1. The zero-order valence-electron chi connectivity index (χ0n) is 15.4. The molecule has 0 aliphatic carbocycles. The Morgan fingerprint density at radius 3 is 2.93 bits per heavy atom. The van der Waals surface area contributed by atoms with Gasteiger partial charge in [-0.1, -0.05) is 42.5 Å². The molecule has 1 aromatic heterocycles. The highest BCUT2D eigenvalue weighted by atomic mass is 16.3. The predicted molar refractivity (Wildman–Crippen MR) is 105 cm³/mol. The van der Waals surface area contributed by atoms with Crippen molar-refractivity contribution in [3.63, 3.8) is 0 Å². The molecule has 1 atom stereocenters. The highest BCUT2D eigenvalue weighted by molar-refractivity contribution is 6.05. The second-order valence-corrected chi connectivity index (χ2v) is 7.19. The van der Waals surface area contributed by atoms with Gasteiger partial charge in [0.25, 0.3) is 5.91 Å². The number of rotatable bonds is 5. The average molecular weight is 364 g/mol. The number of para-hydroxylation sites is 1. The minimum Gasteiger partial charge on any atom is -0.390 e. The number of β-amino-alcohol motifs (C(OH)–C–C–N with tert-alkyl or cyclic N) is 1. The number of fused-ring (bicyclic) bond motifs is 2. The normalized spacial score (nSPS) is 15.5. The third kappa shape index (κ3) is 3.72. The molecule has 0 radical (unpaired) electrons. The quantitative estimate of drug-likeness (QED) is 0.647. The lowest BCUT2D eigenvalue weighted by atomic mass is 10.00. The van der Waals surface area contributed by atoms with Crippen LogP contribution in [0.15, 0.2) is 42.5 Å². The van der Waals surface area contributed by atoms with Gasteiger partial charge in [0.1, 0.15) is 5.69 Å². The van der Waals surface area contributed by atoms with E-state index in [2.05, 4.69) is 44.7 Å². The van der Waals surface area contributed by atoms with Crippen molar-refractivity contribution in [3.8, 4) is 0 Å². The van der Waals surface area contributed by atoms with Gasteiger partial charge in [0.15, 0.2) is 0 Å². The molecule has 27 heavy (non-hydrogen) atoms. The number of aliphatic hydroxyl groups is 1. The number of carbonyl (C=O) groups is 1. The van der Waals surface area contributed by atoms with E-state index >= 15 is 0 Å². The summed E-state index contributed by atoms with van der Waals surface area (Å²) in [7, 11) is 0. The first-order valence-corrected chi connectivity index (χ1v) is 9.31. The third-order valence-corrected chi connectivity index (χ3v) is 5.19. The molecule has 140 valence electrons. The maximum absolute atomic E-state index is 12.5. The number of nitrogens with zero attached hydrogens (tertiary/aromatic N) is 2. The number of aromatic amines is 1. The molecular formula is C21H24N4O2. The van der Waals surface area contributed by atoms with Crippen LogP contribution in [0.3, 0.4) is 0 Å². The van der Waals surface area contributed by atoms with Crippen molar-refractivity contribution in [2.24, 2.45) is 0 Å². The standard InChI is InChI=1S/C21H24N4O2/c1-14-5-4-8-18-19(14)23-24-20(18)21(27)22-11-17(26)13-25-10-9-15-6-2-3-7-16(15)12-25/h2-8,17,26H,9-13H2,1H3,(H,22,27)(H,23,24). The lowest BCUT2D eigenvalue weighted by Crippen LogP contribution is -2.42. The third-order valence-electron chi connectivity index (χ3n) is 5.19. The molecule has 1 aliphatic rings. The second kappa shape index (κ2) is 7.50. The van der Waals surface area contributed by atoms with Crippen molar-refractivity contribution in [2.45, 2.75) is 26.0 Å². The van der Waals surface area contributed by atoms with E-state index < -0.39 is 6.10 Å². The number of aryl methyl sites for hydroxylation is 1. The van der Waals surface area contributed by atoms with Crippen LogP contribution in [-0.4, -0.2) is 51.8 Å². The monoisotopic (exact) mass is 364 g/mol. The van der Waals surface area contributed by atoms with Crippen LogP contribution in [0.2, 0.25) is 0 Å². The molecule has 0 saturated heterocycles. The summed E-state index contributed by atoms with van der Waals surface area (Å²) in [5, 5.41) is 21.0. The van der Waals surface area contributed by atoms with E-state index in [4.69, 9.17) is 0 Å². The van der Waals surface area contributed by atoms with Gasteiger partial charge in [-0.2, -0.15) is 5.10 Å². The highest BCUT2D eigenvalue weighted by Gasteiger charge is 2.20. The van der Waals surface area contributed by atoms with Gasteiger partial charge in [0, 0.05) is 31.6 Å². The van der Waals surface area contributed by atoms with Crippen molar-refractivity contribution in [2.75, 3.05) is 19.6 Å². The first-order chi connectivity index (χ1) is 13.1. The molecule has 3 aromatic rings. The lowest BCUT2D eigenvalue weighted by Gasteiger charge is -2.30. The van der Waals surface area contributed by atoms with Gasteiger partial charge < -0.3 is 10.4 Å².